The van der Waals surface area contributed by atoms with E-state index >= 15 is 0 Å². The largest absolute Gasteiger partial charge is 0.504 e. The molecule has 0 amide bonds. The smallest absolute Gasteiger partial charge is 0.162 e. The van der Waals surface area contributed by atoms with Crippen molar-refractivity contribution in [3.8, 4) is 11.5 Å². The third kappa shape index (κ3) is 4.75. The van der Waals surface area contributed by atoms with Gasteiger partial charge in [0.25, 0.3) is 0 Å². The molecule has 0 fully saturated rings. The maximum atomic E-state index is 10.8. The third-order valence-electron chi connectivity index (χ3n) is 2.40. The number of phenols is 1. The molecule has 1 unspecified atom stereocenters. The molecule has 1 aromatic rings. The van der Waals surface area contributed by atoms with Gasteiger partial charge in [0.15, 0.2) is 11.5 Å². The lowest BCUT2D eigenvalue weighted by molar-refractivity contribution is 0.369. The monoisotopic (exact) mass is 257 g/mol. The lowest BCUT2D eigenvalue weighted by atomic mass is 10.2. The summed E-state index contributed by atoms with van der Waals surface area (Å²) in [6, 6.07) is 5.42. The van der Waals surface area contributed by atoms with E-state index in [9.17, 15) is 9.32 Å². The zero-order valence-corrected chi connectivity index (χ0v) is 11.0. The van der Waals surface area contributed by atoms with Crippen LogP contribution >= 0.6 is 0 Å². The lowest BCUT2D eigenvalue weighted by Gasteiger charge is -2.09. The van der Waals surface area contributed by atoms with Crippen molar-refractivity contribution in [3.63, 3.8) is 0 Å². The molecule has 1 atom stereocenters. The number of aromatic hydroxyl groups is 1. The molecule has 0 aromatic heterocycles. The summed E-state index contributed by atoms with van der Waals surface area (Å²) >= 11 is 0. The van der Waals surface area contributed by atoms with Gasteiger partial charge in [0, 0.05) is 34.9 Å². The van der Waals surface area contributed by atoms with E-state index < -0.39 is 10.8 Å². The van der Waals surface area contributed by atoms with E-state index in [1.807, 2.05) is 12.1 Å². The van der Waals surface area contributed by atoms with Gasteiger partial charge in [0.2, 0.25) is 0 Å². The Morgan fingerprint density at radius 3 is 2.88 bits per heavy atom. The molecule has 0 saturated heterocycles. The number of phenolic OH excluding ortho intramolecular Hbond substituents is 1. The number of hydrogen-bond donors (Lipinski definition) is 2. The molecule has 1 aromatic carbocycles. The van der Waals surface area contributed by atoms with Crippen molar-refractivity contribution in [2.45, 2.75) is 13.0 Å². The standard InChI is InChI=1S/C12H19NO3S/c1-16-11-6-3-5-10(12(11)14)9-13-7-4-8-17(2)15/h3,5-6,13-14H,4,7-9H2,1-2H3. The van der Waals surface area contributed by atoms with E-state index in [1.54, 1.807) is 12.3 Å². The second-order valence-corrected chi connectivity index (χ2v) is 5.33. The second-order valence-electron chi connectivity index (χ2n) is 3.78. The van der Waals surface area contributed by atoms with Crippen molar-refractivity contribution in [2.75, 3.05) is 25.7 Å². The molecule has 0 aliphatic heterocycles. The van der Waals surface area contributed by atoms with Crippen molar-refractivity contribution in [2.24, 2.45) is 0 Å². The zero-order chi connectivity index (χ0) is 12.7. The van der Waals surface area contributed by atoms with Gasteiger partial charge in [-0.15, -0.1) is 0 Å². The zero-order valence-electron chi connectivity index (χ0n) is 10.2. The fraction of sp³-hybridized carbons (Fsp3) is 0.500. The minimum absolute atomic E-state index is 0.182. The summed E-state index contributed by atoms with van der Waals surface area (Å²) in [4.78, 5) is 0. The highest BCUT2D eigenvalue weighted by Crippen LogP contribution is 2.28. The van der Waals surface area contributed by atoms with Crippen LogP contribution in [-0.4, -0.2) is 35.0 Å². The van der Waals surface area contributed by atoms with E-state index in [1.165, 1.54) is 7.11 Å². The third-order valence-corrected chi connectivity index (χ3v) is 3.27. The summed E-state index contributed by atoms with van der Waals surface area (Å²) in [5.41, 5.74) is 0.807. The van der Waals surface area contributed by atoms with Gasteiger partial charge < -0.3 is 15.2 Å². The van der Waals surface area contributed by atoms with Gasteiger partial charge in [-0.25, -0.2) is 0 Å². The van der Waals surface area contributed by atoms with E-state index in [0.717, 1.165) is 18.5 Å². The normalized spacial score (nSPS) is 12.4. The highest BCUT2D eigenvalue weighted by molar-refractivity contribution is 7.84. The predicted octanol–water partition coefficient (Wildman–Crippen LogP) is 1.26. The van der Waals surface area contributed by atoms with Crippen molar-refractivity contribution in [1.82, 2.24) is 5.32 Å². The van der Waals surface area contributed by atoms with Crippen LogP contribution in [0.3, 0.4) is 0 Å². The lowest BCUT2D eigenvalue weighted by Crippen LogP contribution is -2.16. The summed E-state index contributed by atoms with van der Waals surface area (Å²) in [5.74, 6) is 1.37. The summed E-state index contributed by atoms with van der Waals surface area (Å²) in [5, 5.41) is 13.0. The number of ether oxygens (including phenoxy) is 1. The van der Waals surface area contributed by atoms with Crippen LogP contribution in [0, 0.1) is 0 Å². The molecular weight excluding hydrogens is 238 g/mol. The van der Waals surface area contributed by atoms with Crippen LogP contribution in [0.5, 0.6) is 11.5 Å². The summed E-state index contributed by atoms with van der Waals surface area (Å²) in [7, 11) is 0.798. The van der Waals surface area contributed by atoms with Crippen molar-refractivity contribution < 1.29 is 14.1 Å². The van der Waals surface area contributed by atoms with Crippen molar-refractivity contribution in [3.05, 3.63) is 23.8 Å². The molecular formula is C12H19NO3S. The molecule has 1 rings (SSSR count). The first-order chi connectivity index (χ1) is 8.15. The van der Waals surface area contributed by atoms with Gasteiger partial charge >= 0.3 is 0 Å². The quantitative estimate of drug-likeness (QED) is 0.722. The Morgan fingerprint density at radius 2 is 2.24 bits per heavy atom. The number of hydrogen-bond acceptors (Lipinski definition) is 4. The van der Waals surface area contributed by atoms with Gasteiger partial charge in [-0.05, 0) is 19.0 Å². The van der Waals surface area contributed by atoms with Crippen LogP contribution in [-0.2, 0) is 17.3 Å². The first-order valence-electron chi connectivity index (χ1n) is 5.50. The molecule has 0 heterocycles. The Kier molecular flexibility index (Phi) is 6.00. The summed E-state index contributed by atoms with van der Waals surface area (Å²) in [6.07, 6.45) is 2.57. The first-order valence-corrected chi connectivity index (χ1v) is 7.23. The molecule has 0 spiro atoms. The Hall–Kier alpha value is -1.07. The summed E-state index contributed by atoms with van der Waals surface area (Å²) in [6.45, 7) is 1.37. The van der Waals surface area contributed by atoms with Gasteiger partial charge in [0.05, 0.1) is 7.11 Å². The Labute approximate surface area is 104 Å². The Morgan fingerprint density at radius 1 is 1.47 bits per heavy atom. The van der Waals surface area contributed by atoms with Crippen molar-refractivity contribution >= 4 is 10.8 Å². The van der Waals surface area contributed by atoms with Gasteiger partial charge in [-0.2, -0.15) is 0 Å². The van der Waals surface area contributed by atoms with E-state index in [0.29, 0.717) is 18.0 Å². The molecule has 0 radical (unpaired) electrons. The highest BCUT2D eigenvalue weighted by Gasteiger charge is 2.06. The van der Waals surface area contributed by atoms with Gasteiger partial charge in [0.1, 0.15) is 0 Å². The number of rotatable bonds is 7. The Bertz CT molecular complexity index is 382. The highest BCUT2D eigenvalue weighted by atomic mass is 32.2. The van der Waals surface area contributed by atoms with Gasteiger partial charge in [-0.3, -0.25) is 4.21 Å². The van der Waals surface area contributed by atoms with Crippen LogP contribution < -0.4 is 10.1 Å². The van der Waals surface area contributed by atoms with Crippen LogP contribution in [0.2, 0.25) is 0 Å². The predicted molar refractivity (Wildman–Crippen MR) is 69.9 cm³/mol. The Balaban J connectivity index is 2.39. The maximum absolute atomic E-state index is 10.8. The number of nitrogens with one attached hydrogen (secondary N) is 1. The molecule has 2 N–H and O–H groups in total. The van der Waals surface area contributed by atoms with Crippen LogP contribution in [0.4, 0.5) is 0 Å². The SMILES string of the molecule is COc1cccc(CNCCCS(C)=O)c1O. The average molecular weight is 257 g/mol. The fourth-order valence-corrected chi connectivity index (χ4v) is 2.05. The molecule has 0 saturated carbocycles. The number of methoxy groups -OCH3 is 1. The van der Waals surface area contributed by atoms with Crippen LogP contribution in [0.15, 0.2) is 18.2 Å². The number of para-hydroxylation sites is 1. The van der Waals surface area contributed by atoms with E-state index in [2.05, 4.69) is 5.32 Å². The molecule has 96 valence electrons. The van der Waals surface area contributed by atoms with Crippen molar-refractivity contribution in [1.29, 1.82) is 0 Å². The van der Waals surface area contributed by atoms with Crippen LogP contribution in [0.25, 0.3) is 0 Å². The van der Waals surface area contributed by atoms with Gasteiger partial charge in [-0.1, -0.05) is 12.1 Å². The molecule has 0 aliphatic rings. The molecule has 0 aliphatic carbocycles. The average Bonchev–Trinajstić information content (AvgIpc) is 2.30. The van der Waals surface area contributed by atoms with E-state index in [4.69, 9.17) is 4.74 Å². The molecule has 5 heteroatoms. The van der Waals surface area contributed by atoms with Crippen LogP contribution in [0.1, 0.15) is 12.0 Å². The summed E-state index contributed by atoms with van der Waals surface area (Å²) < 4.78 is 15.9. The molecule has 0 bridgehead atoms. The minimum Gasteiger partial charge on any atom is -0.504 e. The first kappa shape index (κ1) is 14.0. The topological polar surface area (TPSA) is 58.6 Å². The fourth-order valence-electron chi connectivity index (χ4n) is 1.50. The molecule has 4 nitrogen and oxygen atoms in total. The maximum Gasteiger partial charge on any atom is 0.162 e. The minimum atomic E-state index is -0.732. The van der Waals surface area contributed by atoms with E-state index in [-0.39, 0.29) is 5.75 Å². The molecule has 17 heavy (non-hydrogen) atoms. The number of benzene rings is 1. The second kappa shape index (κ2) is 7.29.